The fraction of sp³-hybridized carbons (Fsp3) is 0.292. The molecule has 3 aromatic rings. The molecule has 3 rings (SSSR count). The highest BCUT2D eigenvalue weighted by atomic mass is 16.5. The van der Waals surface area contributed by atoms with E-state index in [1.165, 1.54) is 0 Å². The third kappa shape index (κ3) is 5.87. The number of rotatable bonds is 10. The molecule has 1 aromatic heterocycles. The van der Waals surface area contributed by atoms with Gasteiger partial charge in [-0.2, -0.15) is 0 Å². The zero-order valence-corrected chi connectivity index (χ0v) is 17.7. The monoisotopic (exact) mass is 409 g/mol. The SMILES string of the molecule is COc1cc(CN(C)C(=O)C[NH2+][C@H](C)c2ccco2)ccc1OCc1ccccc1. The zero-order valence-electron chi connectivity index (χ0n) is 17.7. The summed E-state index contributed by atoms with van der Waals surface area (Å²) in [5.74, 6) is 2.25. The predicted molar refractivity (Wildman–Crippen MR) is 114 cm³/mol. The van der Waals surface area contributed by atoms with E-state index in [2.05, 4.69) is 0 Å². The van der Waals surface area contributed by atoms with Crippen molar-refractivity contribution in [3.63, 3.8) is 0 Å². The standard InChI is InChI=1S/C24H28N2O4/c1-18(21-10-7-13-29-21)25-15-24(27)26(2)16-20-11-12-22(23(14-20)28-3)30-17-19-8-5-4-6-9-19/h4-14,18,25H,15-17H2,1-3H3/p+1/t18-/m1/s1. The Kier molecular flexibility index (Phi) is 7.51. The Labute approximate surface area is 177 Å². The van der Waals surface area contributed by atoms with Gasteiger partial charge in [0.25, 0.3) is 5.91 Å². The quantitative estimate of drug-likeness (QED) is 0.559. The van der Waals surface area contributed by atoms with E-state index in [1.54, 1.807) is 25.3 Å². The number of benzene rings is 2. The third-order valence-electron chi connectivity index (χ3n) is 4.95. The van der Waals surface area contributed by atoms with Crippen LogP contribution in [-0.2, 0) is 17.9 Å². The number of ether oxygens (including phenoxy) is 2. The Balaban J connectivity index is 1.54. The molecule has 0 fully saturated rings. The maximum atomic E-state index is 12.5. The molecule has 0 saturated heterocycles. The number of methoxy groups -OCH3 is 1. The minimum absolute atomic E-state index is 0.0526. The summed E-state index contributed by atoms with van der Waals surface area (Å²) in [6.07, 6.45) is 1.65. The molecule has 0 radical (unpaired) electrons. The first-order valence-electron chi connectivity index (χ1n) is 10.0. The van der Waals surface area contributed by atoms with E-state index in [0.717, 1.165) is 16.9 Å². The highest BCUT2D eigenvalue weighted by molar-refractivity contribution is 5.76. The van der Waals surface area contributed by atoms with Crippen LogP contribution in [0, 0.1) is 0 Å². The van der Waals surface area contributed by atoms with Crippen molar-refractivity contribution in [2.75, 3.05) is 20.7 Å². The topological polar surface area (TPSA) is 68.5 Å². The number of amides is 1. The summed E-state index contributed by atoms with van der Waals surface area (Å²) in [6, 6.07) is 19.6. The van der Waals surface area contributed by atoms with Crippen LogP contribution in [0.25, 0.3) is 0 Å². The van der Waals surface area contributed by atoms with Gasteiger partial charge < -0.3 is 24.1 Å². The molecule has 0 bridgehead atoms. The Morgan fingerprint density at radius 1 is 1.07 bits per heavy atom. The molecular formula is C24H29N2O4+. The maximum absolute atomic E-state index is 12.5. The number of hydrogen-bond donors (Lipinski definition) is 1. The minimum atomic E-state index is 0.0526. The summed E-state index contributed by atoms with van der Waals surface area (Å²) in [4.78, 5) is 14.2. The second-order valence-electron chi connectivity index (χ2n) is 7.25. The van der Waals surface area contributed by atoms with E-state index in [9.17, 15) is 4.79 Å². The molecule has 0 aliphatic heterocycles. The van der Waals surface area contributed by atoms with Gasteiger partial charge in [-0.05, 0) is 42.3 Å². The lowest BCUT2D eigenvalue weighted by molar-refractivity contribution is -0.685. The van der Waals surface area contributed by atoms with Gasteiger partial charge in [0.1, 0.15) is 12.6 Å². The molecule has 158 valence electrons. The van der Waals surface area contributed by atoms with Crippen LogP contribution in [0.5, 0.6) is 11.5 Å². The fourth-order valence-electron chi connectivity index (χ4n) is 3.13. The number of carbonyl (C=O) groups is 1. The number of nitrogens with zero attached hydrogens (tertiary/aromatic N) is 1. The molecular weight excluding hydrogens is 380 g/mol. The number of hydrogen-bond acceptors (Lipinski definition) is 4. The lowest BCUT2D eigenvalue weighted by atomic mass is 10.2. The van der Waals surface area contributed by atoms with Gasteiger partial charge in [0.05, 0.1) is 13.4 Å². The largest absolute Gasteiger partial charge is 0.493 e. The van der Waals surface area contributed by atoms with Gasteiger partial charge in [0.2, 0.25) is 0 Å². The van der Waals surface area contributed by atoms with E-state index < -0.39 is 0 Å². The summed E-state index contributed by atoms with van der Waals surface area (Å²) < 4.78 is 16.8. The number of quaternary nitrogens is 1. The average molecular weight is 410 g/mol. The van der Waals surface area contributed by atoms with E-state index in [-0.39, 0.29) is 11.9 Å². The van der Waals surface area contributed by atoms with Crippen molar-refractivity contribution >= 4 is 5.91 Å². The Morgan fingerprint density at radius 2 is 1.87 bits per heavy atom. The molecule has 1 atom stereocenters. The smallest absolute Gasteiger partial charge is 0.277 e. The zero-order chi connectivity index (χ0) is 21.3. The number of nitrogens with two attached hydrogens (primary N) is 1. The highest BCUT2D eigenvalue weighted by Crippen LogP contribution is 2.29. The van der Waals surface area contributed by atoms with Crippen LogP contribution >= 0.6 is 0 Å². The van der Waals surface area contributed by atoms with Gasteiger partial charge in [-0.15, -0.1) is 0 Å². The molecule has 2 aromatic carbocycles. The van der Waals surface area contributed by atoms with E-state index >= 15 is 0 Å². The Hall–Kier alpha value is -3.25. The van der Waals surface area contributed by atoms with Crippen LogP contribution in [-0.4, -0.2) is 31.5 Å². The van der Waals surface area contributed by atoms with Gasteiger partial charge in [0.15, 0.2) is 23.8 Å². The van der Waals surface area contributed by atoms with Crippen LogP contribution < -0.4 is 14.8 Å². The fourth-order valence-corrected chi connectivity index (χ4v) is 3.13. The minimum Gasteiger partial charge on any atom is -0.493 e. The van der Waals surface area contributed by atoms with E-state index in [0.29, 0.717) is 31.2 Å². The normalized spacial score (nSPS) is 11.7. The highest BCUT2D eigenvalue weighted by Gasteiger charge is 2.17. The van der Waals surface area contributed by atoms with Crippen molar-refractivity contribution < 1.29 is 24.0 Å². The van der Waals surface area contributed by atoms with Crippen LogP contribution in [0.2, 0.25) is 0 Å². The number of furan rings is 1. The van der Waals surface area contributed by atoms with Gasteiger partial charge >= 0.3 is 0 Å². The van der Waals surface area contributed by atoms with Crippen LogP contribution in [0.4, 0.5) is 0 Å². The number of carbonyl (C=O) groups excluding carboxylic acids is 1. The van der Waals surface area contributed by atoms with Gasteiger partial charge in [-0.3, -0.25) is 4.79 Å². The predicted octanol–water partition coefficient (Wildman–Crippen LogP) is 3.15. The average Bonchev–Trinajstić information content (AvgIpc) is 3.32. The molecule has 0 aliphatic rings. The summed E-state index contributed by atoms with van der Waals surface area (Å²) >= 11 is 0. The molecule has 6 nitrogen and oxygen atoms in total. The van der Waals surface area contributed by atoms with E-state index in [4.69, 9.17) is 13.9 Å². The van der Waals surface area contributed by atoms with Gasteiger partial charge in [-0.1, -0.05) is 36.4 Å². The van der Waals surface area contributed by atoms with Crippen molar-refractivity contribution in [3.8, 4) is 11.5 Å². The summed E-state index contributed by atoms with van der Waals surface area (Å²) in [6.45, 7) is 3.34. The Bertz CT molecular complexity index is 926. The molecule has 1 amide bonds. The molecule has 6 heteroatoms. The summed E-state index contributed by atoms with van der Waals surface area (Å²) in [5, 5.41) is 1.97. The molecule has 1 heterocycles. The van der Waals surface area contributed by atoms with Gasteiger partial charge in [0, 0.05) is 13.6 Å². The molecule has 0 spiro atoms. The maximum Gasteiger partial charge on any atom is 0.277 e. The van der Waals surface area contributed by atoms with Gasteiger partial charge in [-0.25, -0.2) is 0 Å². The van der Waals surface area contributed by atoms with Crippen molar-refractivity contribution in [2.24, 2.45) is 0 Å². The lowest BCUT2D eigenvalue weighted by Crippen LogP contribution is -2.86. The second kappa shape index (κ2) is 10.5. The third-order valence-corrected chi connectivity index (χ3v) is 4.95. The van der Waals surface area contributed by atoms with Crippen molar-refractivity contribution in [2.45, 2.75) is 26.1 Å². The molecule has 0 aliphatic carbocycles. The molecule has 2 N–H and O–H groups in total. The first-order chi connectivity index (χ1) is 14.6. The first-order valence-corrected chi connectivity index (χ1v) is 10.0. The van der Waals surface area contributed by atoms with Crippen LogP contribution in [0.15, 0.2) is 71.3 Å². The van der Waals surface area contributed by atoms with Crippen molar-refractivity contribution in [1.82, 2.24) is 4.90 Å². The lowest BCUT2D eigenvalue weighted by Gasteiger charge is -2.18. The molecule has 0 unspecified atom stereocenters. The Morgan fingerprint density at radius 3 is 2.57 bits per heavy atom. The van der Waals surface area contributed by atoms with Crippen LogP contribution in [0.1, 0.15) is 29.9 Å². The number of likely N-dealkylation sites (N-methyl/N-ethyl adjacent to an activating group) is 1. The second-order valence-corrected chi connectivity index (χ2v) is 7.25. The summed E-state index contributed by atoms with van der Waals surface area (Å²) in [7, 11) is 3.42. The van der Waals surface area contributed by atoms with E-state index in [1.807, 2.05) is 72.9 Å². The molecule has 0 saturated carbocycles. The van der Waals surface area contributed by atoms with Crippen molar-refractivity contribution in [3.05, 3.63) is 83.8 Å². The van der Waals surface area contributed by atoms with Crippen molar-refractivity contribution in [1.29, 1.82) is 0 Å². The summed E-state index contributed by atoms with van der Waals surface area (Å²) in [5.41, 5.74) is 2.07. The van der Waals surface area contributed by atoms with Crippen LogP contribution in [0.3, 0.4) is 0 Å². The first kappa shape index (κ1) is 21.5. The molecule has 30 heavy (non-hydrogen) atoms.